The quantitative estimate of drug-likeness (QED) is 0.842. The average molecular weight is 312 g/mol. The minimum atomic E-state index is -0.205. The van der Waals surface area contributed by atoms with Crippen LogP contribution in [0.4, 0.5) is 5.69 Å². The van der Waals surface area contributed by atoms with E-state index in [1.807, 2.05) is 49.4 Å². The molecule has 0 atom stereocenters. The molecular weight excluding hydrogens is 292 g/mol. The molecule has 0 heterocycles. The molecule has 0 saturated heterocycles. The predicted octanol–water partition coefficient (Wildman–Crippen LogP) is 3.99. The fraction of sp³-hybridized carbons (Fsp3) is 0.222. The molecule has 22 heavy (non-hydrogen) atoms. The fourth-order valence-corrected chi connectivity index (χ4v) is 2.26. The van der Waals surface area contributed by atoms with Gasteiger partial charge < -0.3 is 5.32 Å². The summed E-state index contributed by atoms with van der Waals surface area (Å²) in [5.74, 6) is -0.205. The molecule has 0 bridgehead atoms. The molecule has 0 spiro atoms. The molecule has 1 amide bonds. The molecule has 0 radical (unpaired) electrons. The normalized spacial score (nSPS) is 10.1. The standard InChI is InChI=1S/C18H20N2OS/c1-4-14-6-8-15(9-7-14)17(21)20-18(22)19-16-10-5-12(2)13(3)11-16/h5-11H,4H2,1-3H3,(H2,19,20,21,22). The third kappa shape index (κ3) is 4.15. The van der Waals surface area contributed by atoms with E-state index in [9.17, 15) is 4.79 Å². The van der Waals surface area contributed by atoms with Crippen molar-refractivity contribution in [1.29, 1.82) is 0 Å². The van der Waals surface area contributed by atoms with Crippen molar-refractivity contribution in [3.8, 4) is 0 Å². The van der Waals surface area contributed by atoms with E-state index in [-0.39, 0.29) is 5.91 Å². The van der Waals surface area contributed by atoms with E-state index in [1.54, 1.807) is 0 Å². The summed E-state index contributed by atoms with van der Waals surface area (Å²) in [7, 11) is 0. The number of nitrogens with one attached hydrogen (secondary N) is 2. The third-order valence-electron chi connectivity index (χ3n) is 3.62. The summed E-state index contributed by atoms with van der Waals surface area (Å²) >= 11 is 5.19. The van der Waals surface area contributed by atoms with Crippen molar-refractivity contribution < 1.29 is 4.79 Å². The lowest BCUT2D eigenvalue weighted by molar-refractivity contribution is 0.0977. The first-order valence-electron chi connectivity index (χ1n) is 7.28. The summed E-state index contributed by atoms with van der Waals surface area (Å²) in [6.07, 6.45) is 0.953. The second kappa shape index (κ2) is 7.18. The molecule has 0 aliphatic rings. The monoisotopic (exact) mass is 312 g/mol. The summed E-state index contributed by atoms with van der Waals surface area (Å²) in [6.45, 7) is 6.17. The van der Waals surface area contributed by atoms with Crippen LogP contribution < -0.4 is 10.6 Å². The van der Waals surface area contributed by atoms with E-state index >= 15 is 0 Å². The van der Waals surface area contributed by atoms with Crippen molar-refractivity contribution in [2.75, 3.05) is 5.32 Å². The lowest BCUT2D eigenvalue weighted by Gasteiger charge is -2.11. The van der Waals surface area contributed by atoms with Crippen molar-refractivity contribution in [2.24, 2.45) is 0 Å². The van der Waals surface area contributed by atoms with Crippen LogP contribution in [0.2, 0.25) is 0 Å². The minimum absolute atomic E-state index is 0.205. The molecule has 0 saturated carbocycles. The maximum Gasteiger partial charge on any atom is 0.257 e. The highest BCUT2D eigenvalue weighted by Crippen LogP contribution is 2.14. The second-order valence-electron chi connectivity index (χ2n) is 5.26. The highest BCUT2D eigenvalue weighted by Gasteiger charge is 2.08. The number of rotatable bonds is 3. The van der Waals surface area contributed by atoms with E-state index in [4.69, 9.17) is 12.2 Å². The number of hydrogen-bond acceptors (Lipinski definition) is 2. The highest BCUT2D eigenvalue weighted by molar-refractivity contribution is 7.80. The van der Waals surface area contributed by atoms with Crippen molar-refractivity contribution in [2.45, 2.75) is 27.2 Å². The third-order valence-corrected chi connectivity index (χ3v) is 3.82. The molecule has 2 aromatic rings. The minimum Gasteiger partial charge on any atom is -0.332 e. The number of aryl methyl sites for hydroxylation is 3. The number of amides is 1. The smallest absolute Gasteiger partial charge is 0.257 e. The van der Waals surface area contributed by atoms with Crippen LogP contribution in [0.3, 0.4) is 0 Å². The number of benzene rings is 2. The molecule has 0 aromatic heterocycles. The van der Waals surface area contributed by atoms with Gasteiger partial charge in [0, 0.05) is 11.3 Å². The van der Waals surface area contributed by atoms with Gasteiger partial charge >= 0.3 is 0 Å². The van der Waals surface area contributed by atoms with Crippen LogP contribution in [0.1, 0.15) is 34.0 Å². The zero-order valence-corrected chi connectivity index (χ0v) is 13.9. The highest BCUT2D eigenvalue weighted by atomic mass is 32.1. The Balaban J connectivity index is 1.98. The summed E-state index contributed by atoms with van der Waals surface area (Å²) in [5, 5.41) is 6.03. The Morgan fingerprint density at radius 3 is 2.32 bits per heavy atom. The number of carbonyl (C=O) groups is 1. The Kier molecular flexibility index (Phi) is 5.28. The van der Waals surface area contributed by atoms with Gasteiger partial charge in [-0.25, -0.2) is 0 Å². The molecule has 0 fully saturated rings. The first-order chi connectivity index (χ1) is 10.5. The molecule has 0 aliphatic carbocycles. The number of carbonyl (C=O) groups excluding carboxylic acids is 1. The van der Waals surface area contributed by atoms with Gasteiger partial charge in [-0.2, -0.15) is 0 Å². The molecule has 3 nitrogen and oxygen atoms in total. The Bertz CT molecular complexity index is 693. The van der Waals surface area contributed by atoms with Crippen LogP contribution in [-0.2, 0) is 6.42 Å². The Labute approximate surface area is 136 Å². The lowest BCUT2D eigenvalue weighted by Crippen LogP contribution is -2.34. The van der Waals surface area contributed by atoms with Crippen molar-refractivity contribution >= 4 is 28.9 Å². The summed E-state index contributed by atoms with van der Waals surface area (Å²) in [5.41, 5.74) is 5.06. The largest absolute Gasteiger partial charge is 0.332 e. The van der Waals surface area contributed by atoms with E-state index in [2.05, 4.69) is 24.5 Å². The van der Waals surface area contributed by atoms with Crippen LogP contribution in [0.25, 0.3) is 0 Å². The summed E-state index contributed by atoms with van der Waals surface area (Å²) < 4.78 is 0. The van der Waals surface area contributed by atoms with Gasteiger partial charge in [0.15, 0.2) is 5.11 Å². The van der Waals surface area contributed by atoms with E-state index in [0.29, 0.717) is 10.7 Å². The number of hydrogen-bond donors (Lipinski definition) is 2. The molecule has 0 unspecified atom stereocenters. The maximum atomic E-state index is 12.1. The Morgan fingerprint density at radius 1 is 1.05 bits per heavy atom. The van der Waals surface area contributed by atoms with Crippen LogP contribution in [0.5, 0.6) is 0 Å². The van der Waals surface area contributed by atoms with Gasteiger partial charge in [-0.15, -0.1) is 0 Å². The van der Waals surface area contributed by atoms with Gasteiger partial charge in [-0.3, -0.25) is 10.1 Å². The van der Waals surface area contributed by atoms with Crippen molar-refractivity contribution in [1.82, 2.24) is 5.32 Å². The SMILES string of the molecule is CCc1ccc(C(=O)NC(=S)Nc2ccc(C)c(C)c2)cc1. The molecular formula is C18H20N2OS. The van der Waals surface area contributed by atoms with Crippen LogP contribution in [-0.4, -0.2) is 11.0 Å². The van der Waals surface area contributed by atoms with Gasteiger partial charge in [0.2, 0.25) is 0 Å². The summed E-state index contributed by atoms with van der Waals surface area (Å²) in [6, 6.07) is 13.5. The molecule has 0 aliphatic heterocycles. The molecule has 4 heteroatoms. The average Bonchev–Trinajstić information content (AvgIpc) is 2.51. The summed E-state index contributed by atoms with van der Waals surface area (Å²) in [4.78, 5) is 12.1. The lowest BCUT2D eigenvalue weighted by atomic mass is 10.1. The van der Waals surface area contributed by atoms with Gasteiger partial charge in [0.25, 0.3) is 5.91 Å². The van der Waals surface area contributed by atoms with Gasteiger partial charge in [0.1, 0.15) is 0 Å². The van der Waals surface area contributed by atoms with Gasteiger partial charge in [-0.05, 0) is 73.4 Å². The zero-order valence-electron chi connectivity index (χ0n) is 13.1. The Morgan fingerprint density at radius 2 is 1.73 bits per heavy atom. The first-order valence-corrected chi connectivity index (χ1v) is 7.69. The molecule has 114 valence electrons. The van der Waals surface area contributed by atoms with Crippen molar-refractivity contribution in [3.63, 3.8) is 0 Å². The first kappa shape index (κ1) is 16.2. The van der Waals surface area contributed by atoms with Crippen LogP contribution >= 0.6 is 12.2 Å². The van der Waals surface area contributed by atoms with Crippen LogP contribution in [0, 0.1) is 13.8 Å². The second-order valence-corrected chi connectivity index (χ2v) is 5.67. The van der Waals surface area contributed by atoms with E-state index in [1.165, 1.54) is 16.7 Å². The van der Waals surface area contributed by atoms with Gasteiger partial charge in [-0.1, -0.05) is 25.1 Å². The fourth-order valence-electron chi connectivity index (χ4n) is 2.05. The molecule has 2 rings (SSSR count). The van der Waals surface area contributed by atoms with Gasteiger partial charge in [0.05, 0.1) is 0 Å². The Hall–Kier alpha value is -2.20. The predicted molar refractivity (Wildman–Crippen MR) is 95.4 cm³/mol. The number of thiocarbonyl (C=S) groups is 1. The molecule has 2 N–H and O–H groups in total. The van der Waals surface area contributed by atoms with Crippen molar-refractivity contribution in [3.05, 3.63) is 64.7 Å². The zero-order chi connectivity index (χ0) is 16.1. The maximum absolute atomic E-state index is 12.1. The van der Waals surface area contributed by atoms with Crippen LogP contribution in [0.15, 0.2) is 42.5 Å². The molecule has 2 aromatic carbocycles. The van der Waals surface area contributed by atoms with E-state index in [0.717, 1.165) is 12.1 Å². The van der Waals surface area contributed by atoms with E-state index < -0.39 is 0 Å². The number of anilines is 1. The topological polar surface area (TPSA) is 41.1 Å².